The second-order valence-corrected chi connectivity index (χ2v) is 5.28. The molecule has 0 saturated carbocycles. The molecule has 4 N–H and O–H groups in total. The van der Waals surface area contributed by atoms with Gasteiger partial charge in [0.2, 0.25) is 0 Å². The number of unbranched alkanes of at least 4 members (excludes halogenated alkanes) is 2. The average Bonchev–Trinajstić information content (AvgIpc) is 2.35. The molecule has 0 aliphatic heterocycles. The maximum Gasteiger partial charge on any atom is 0.144 e. The Hall–Kier alpha value is -0.810. The smallest absolute Gasteiger partial charge is 0.144 e. The predicted octanol–water partition coefficient (Wildman–Crippen LogP) is 1.95. The van der Waals surface area contributed by atoms with Gasteiger partial charge >= 0.3 is 0 Å². The molecule has 0 aliphatic carbocycles. The molecule has 108 valence electrons. The Bertz CT molecular complexity index is 230. The molecule has 0 aromatic heterocycles. The van der Waals surface area contributed by atoms with Crippen molar-refractivity contribution in [2.45, 2.75) is 46.0 Å². The van der Waals surface area contributed by atoms with E-state index in [0.717, 1.165) is 51.8 Å². The molecule has 0 aliphatic rings. The summed E-state index contributed by atoms with van der Waals surface area (Å²) in [6, 6.07) is 0. The summed E-state index contributed by atoms with van der Waals surface area (Å²) in [5.41, 5.74) is 5.42. The highest BCUT2D eigenvalue weighted by Gasteiger charge is 2.22. The van der Waals surface area contributed by atoms with E-state index < -0.39 is 0 Å². The third kappa shape index (κ3) is 8.31. The van der Waals surface area contributed by atoms with Crippen LogP contribution in [0.1, 0.15) is 46.0 Å². The van der Waals surface area contributed by atoms with E-state index in [2.05, 4.69) is 10.5 Å². The van der Waals surface area contributed by atoms with Crippen LogP contribution in [-0.4, -0.2) is 37.8 Å². The lowest BCUT2D eigenvalue weighted by atomic mass is 9.86. The summed E-state index contributed by atoms with van der Waals surface area (Å²) in [6.45, 7) is 6.92. The molecule has 0 unspecified atom stereocenters. The number of nitrogens with zero attached hydrogens (tertiary/aromatic N) is 1. The Kier molecular flexibility index (Phi) is 9.69. The number of rotatable bonds is 11. The van der Waals surface area contributed by atoms with Crippen molar-refractivity contribution in [3.63, 3.8) is 0 Å². The van der Waals surface area contributed by atoms with Crippen LogP contribution in [0, 0.1) is 5.41 Å². The maximum absolute atomic E-state index is 8.65. The zero-order valence-electron chi connectivity index (χ0n) is 12.0. The van der Waals surface area contributed by atoms with E-state index in [1.807, 2.05) is 13.8 Å². The minimum absolute atomic E-state index is 0.215. The molecule has 0 saturated heterocycles. The first-order valence-electron chi connectivity index (χ1n) is 6.72. The first-order chi connectivity index (χ1) is 8.54. The van der Waals surface area contributed by atoms with Crippen LogP contribution >= 0.6 is 0 Å². The van der Waals surface area contributed by atoms with E-state index in [1.54, 1.807) is 7.11 Å². The van der Waals surface area contributed by atoms with Crippen LogP contribution < -0.4 is 11.1 Å². The molecule has 0 heterocycles. The Balaban J connectivity index is 3.40. The van der Waals surface area contributed by atoms with Gasteiger partial charge < -0.3 is 21.0 Å². The molecule has 0 aromatic rings. The first-order valence-corrected chi connectivity index (χ1v) is 6.72. The predicted molar refractivity (Wildman–Crippen MR) is 75.0 cm³/mol. The summed E-state index contributed by atoms with van der Waals surface area (Å²) in [5, 5.41) is 15.1. The van der Waals surface area contributed by atoms with Crippen molar-refractivity contribution in [1.82, 2.24) is 5.32 Å². The highest BCUT2D eigenvalue weighted by molar-refractivity contribution is 5.85. The molecule has 0 radical (unpaired) electrons. The Morgan fingerprint density at radius 1 is 1.22 bits per heavy atom. The minimum Gasteiger partial charge on any atom is -0.409 e. The fourth-order valence-corrected chi connectivity index (χ4v) is 1.70. The van der Waals surface area contributed by atoms with Gasteiger partial charge in [-0.25, -0.2) is 0 Å². The Morgan fingerprint density at radius 2 is 1.83 bits per heavy atom. The van der Waals surface area contributed by atoms with E-state index >= 15 is 0 Å². The third-order valence-corrected chi connectivity index (χ3v) is 3.16. The van der Waals surface area contributed by atoms with Crippen LogP contribution in [-0.2, 0) is 4.74 Å². The van der Waals surface area contributed by atoms with Gasteiger partial charge in [-0.05, 0) is 38.8 Å². The van der Waals surface area contributed by atoms with Gasteiger partial charge in [0.25, 0.3) is 0 Å². The number of ether oxygens (including phenoxy) is 1. The zero-order chi connectivity index (χ0) is 13.9. The second-order valence-electron chi connectivity index (χ2n) is 5.28. The van der Waals surface area contributed by atoms with E-state index in [0.29, 0.717) is 5.84 Å². The van der Waals surface area contributed by atoms with Gasteiger partial charge in [0, 0.05) is 19.1 Å². The minimum atomic E-state index is -0.215. The lowest BCUT2D eigenvalue weighted by Crippen LogP contribution is -2.32. The SMILES string of the molecule is COCCCCNCCCCC(C)(C)C(N)=NO. The molecule has 0 bridgehead atoms. The summed E-state index contributed by atoms with van der Waals surface area (Å²) >= 11 is 0. The van der Waals surface area contributed by atoms with Gasteiger partial charge in [0.05, 0.1) is 0 Å². The number of hydrogen-bond acceptors (Lipinski definition) is 4. The van der Waals surface area contributed by atoms with Gasteiger partial charge in [-0.3, -0.25) is 0 Å². The van der Waals surface area contributed by atoms with E-state index in [9.17, 15) is 0 Å². The zero-order valence-corrected chi connectivity index (χ0v) is 12.0. The van der Waals surface area contributed by atoms with Crippen molar-refractivity contribution in [2.24, 2.45) is 16.3 Å². The van der Waals surface area contributed by atoms with Crippen molar-refractivity contribution < 1.29 is 9.94 Å². The van der Waals surface area contributed by atoms with Gasteiger partial charge in [-0.1, -0.05) is 25.4 Å². The summed E-state index contributed by atoms with van der Waals surface area (Å²) in [7, 11) is 1.73. The van der Waals surface area contributed by atoms with Crippen molar-refractivity contribution in [3.05, 3.63) is 0 Å². The number of amidine groups is 1. The Labute approximate surface area is 111 Å². The number of hydrogen-bond donors (Lipinski definition) is 3. The second kappa shape index (κ2) is 10.1. The molecule has 5 heteroatoms. The molecular formula is C13H29N3O2. The third-order valence-electron chi connectivity index (χ3n) is 3.16. The number of oxime groups is 1. The quantitative estimate of drug-likeness (QED) is 0.174. The molecule has 0 atom stereocenters. The normalized spacial score (nSPS) is 12.9. The van der Waals surface area contributed by atoms with Crippen LogP contribution in [0.3, 0.4) is 0 Å². The van der Waals surface area contributed by atoms with Crippen LogP contribution in [0.5, 0.6) is 0 Å². The highest BCUT2D eigenvalue weighted by Crippen LogP contribution is 2.22. The molecule has 0 amide bonds. The summed E-state index contributed by atoms with van der Waals surface area (Å²) < 4.78 is 4.99. The topological polar surface area (TPSA) is 79.9 Å². The fraction of sp³-hybridized carbons (Fsp3) is 0.923. The molecule has 5 nitrogen and oxygen atoms in total. The summed E-state index contributed by atoms with van der Waals surface area (Å²) in [5.74, 6) is 0.315. The average molecular weight is 259 g/mol. The van der Waals surface area contributed by atoms with Gasteiger partial charge in [0.1, 0.15) is 5.84 Å². The van der Waals surface area contributed by atoms with Gasteiger partial charge in [0.15, 0.2) is 0 Å². The largest absolute Gasteiger partial charge is 0.409 e. The molecule has 18 heavy (non-hydrogen) atoms. The van der Waals surface area contributed by atoms with Crippen molar-refractivity contribution in [2.75, 3.05) is 26.8 Å². The van der Waals surface area contributed by atoms with E-state index in [1.165, 1.54) is 0 Å². The standard InChI is InChI=1S/C13H29N3O2/c1-13(2,12(14)16-17)8-4-5-9-15-10-6-7-11-18-3/h15,17H,4-11H2,1-3H3,(H2,14,16). The van der Waals surface area contributed by atoms with Gasteiger partial charge in [-0.2, -0.15) is 0 Å². The fourth-order valence-electron chi connectivity index (χ4n) is 1.70. The van der Waals surface area contributed by atoms with Crippen molar-refractivity contribution >= 4 is 5.84 Å². The molecule has 0 spiro atoms. The maximum atomic E-state index is 8.65. The lowest BCUT2D eigenvalue weighted by molar-refractivity contribution is 0.192. The van der Waals surface area contributed by atoms with E-state index in [4.69, 9.17) is 15.7 Å². The van der Waals surface area contributed by atoms with Crippen LogP contribution in [0.15, 0.2) is 5.16 Å². The van der Waals surface area contributed by atoms with Crippen molar-refractivity contribution in [1.29, 1.82) is 0 Å². The summed E-state index contributed by atoms with van der Waals surface area (Å²) in [4.78, 5) is 0. The van der Waals surface area contributed by atoms with Crippen molar-refractivity contribution in [3.8, 4) is 0 Å². The molecule has 0 fully saturated rings. The molecule has 0 rings (SSSR count). The lowest BCUT2D eigenvalue weighted by Gasteiger charge is -2.22. The van der Waals surface area contributed by atoms with E-state index in [-0.39, 0.29) is 5.41 Å². The summed E-state index contributed by atoms with van der Waals surface area (Å²) in [6.07, 6.45) is 5.40. The number of methoxy groups -OCH3 is 1. The van der Waals surface area contributed by atoms with Crippen LogP contribution in [0.4, 0.5) is 0 Å². The van der Waals surface area contributed by atoms with Crippen LogP contribution in [0.25, 0.3) is 0 Å². The monoisotopic (exact) mass is 259 g/mol. The Morgan fingerprint density at radius 3 is 2.39 bits per heavy atom. The number of nitrogens with one attached hydrogen (secondary N) is 1. The number of nitrogens with two attached hydrogens (primary N) is 1. The molecular weight excluding hydrogens is 230 g/mol. The van der Waals surface area contributed by atoms with Gasteiger partial charge in [-0.15, -0.1) is 0 Å². The van der Waals surface area contributed by atoms with Crippen LogP contribution in [0.2, 0.25) is 0 Å². The first kappa shape index (κ1) is 17.2. The molecule has 0 aromatic carbocycles. The highest BCUT2D eigenvalue weighted by atomic mass is 16.5.